The molecule has 0 aliphatic heterocycles. The molecule has 1 atom stereocenters. The summed E-state index contributed by atoms with van der Waals surface area (Å²) in [5.41, 5.74) is 0.908. The van der Waals surface area contributed by atoms with Gasteiger partial charge in [-0.2, -0.15) is 0 Å². The molecule has 0 aliphatic carbocycles. The normalized spacial score (nSPS) is 15.7. The standard InChI is InChI=1S/C9H16N2OS/c1-7-5-13-8(11-7)9(2,10-3)6-12-4/h5,10H,6H2,1-4H3. The van der Waals surface area contributed by atoms with Crippen LogP contribution in [0.3, 0.4) is 0 Å². The third-order valence-corrected chi connectivity index (χ3v) is 3.30. The van der Waals surface area contributed by atoms with Crippen LogP contribution in [0.1, 0.15) is 17.6 Å². The summed E-state index contributed by atoms with van der Waals surface area (Å²) in [5.74, 6) is 0. The number of methoxy groups -OCH3 is 1. The molecule has 0 fully saturated rings. The van der Waals surface area contributed by atoms with E-state index in [0.717, 1.165) is 10.7 Å². The largest absolute Gasteiger partial charge is 0.382 e. The molecule has 0 saturated carbocycles. The van der Waals surface area contributed by atoms with E-state index in [2.05, 4.69) is 22.6 Å². The number of thiazole rings is 1. The van der Waals surface area contributed by atoms with Crippen molar-refractivity contribution in [2.75, 3.05) is 20.8 Å². The van der Waals surface area contributed by atoms with Crippen LogP contribution in [0, 0.1) is 6.92 Å². The van der Waals surface area contributed by atoms with E-state index in [1.54, 1.807) is 18.4 Å². The second-order valence-corrected chi connectivity index (χ2v) is 4.17. The molecule has 0 spiro atoms. The highest BCUT2D eigenvalue weighted by molar-refractivity contribution is 7.09. The average molecular weight is 200 g/mol. The molecule has 0 aliphatic rings. The van der Waals surface area contributed by atoms with Gasteiger partial charge in [-0.3, -0.25) is 0 Å². The van der Waals surface area contributed by atoms with Crippen molar-refractivity contribution in [2.24, 2.45) is 0 Å². The van der Waals surface area contributed by atoms with Crippen molar-refractivity contribution in [3.05, 3.63) is 16.1 Å². The zero-order valence-electron chi connectivity index (χ0n) is 8.55. The van der Waals surface area contributed by atoms with E-state index >= 15 is 0 Å². The predicted octanol–water partition coefficient (Wildman–Crippen LogP) is 1.53. The highest BCUT2D eigenvalue weighted by Crippen LogP contribution is 2.23. The second-order valence-electron chi connectivity index (χ2n) is 3.31. The molecule has 3 nitrogen and oxygen atoms in total. The van der Waals surface area contributed by atoms with Crippen LogP contribution in [0.15, 0.2) is 5.38 Å². The van der Waals surface area contributed by atoms with Crippen LogP contribution >= 0.6 is 11.3 Å². The Bertz CT molecular complexity index is 274. The van der Waals surface area contributed by atoms with Gasteiger partial charge in [0, 0.05) is 18.2 Å². The maximum Gasteiger partial charge on any atom is 0.115 e. The van der Waals surface area contributed by atoms with Gasteiger partial charge in [-0.1, -0.05) is 0 Å². The van der Waals surface area contributed by atoms with Gasteiger partial charge in [0.25, 0.3) is 0 Å². The number of nitrogens with zero attached hydrogens (tertiary/aromatic N) is 1. The SMILES string of the molecule is CNC(C)(COC)c1nc(C)cs1. The van der Waals surface area contributed by atoms with Crippen molar-refractivity contribution in [3.8, 4) is 0 Å². The molecule has 0 aromatic carbocycles. The maximum atomic E-state index is 5.17. The van der Waals surface area contributed by atoms with Gasteiger partial charge in [-0.05, 0) is 20.9 Å². The van der Waals surface area contributed by atoms with E-state index in [9.17, 15) is 0 Å². The number of nitrogens with one attached hydrogen (secondary N) is 1. The van der Waals surface area contributed by atoms with Gasteiger partial charge >= 0.3 is 0 Å². The minimum atomic E-state index is -0.159. The molecule has 1 heterocycles. The molecule has 0 bridgehead atoms. The molecule has 1 aromatic heterocycles. The molecule has 1 rings (SSSR count). The number of aromatic nitrogens is 1. The van der Waals surface area contributed by atoms with Gasteiger partial charge < -0.3 is 10.1 Å². The lowest BCUT2D eigenvalue weighted by Crippen LogP contribution is -2.40. The van der Waals surface area contributed by atoms with Crippen LogP contribution in [-0.4, -0.2) is 25.7 Å². The molecule has 0 saturated heterocycles. The Kier molecular flexibility index (Phi) is 3.41. The third kappa shape index (κ3) is 2.27. The highest BCUT2D eigenvalue weighted by atomic mass is 32.1. The summed E-state index contributed by atoms with van der Waals surface area (Å²) in [5, 5.41) is 6.37. The molecule has 74 valence electrons. The van der Waals surface area contributed by atoms with Gasteiger partial charge in [0.2, 0.25) is 0 Å². The number of likely N-dealkylation sites (N-methyl/N-ethyl adjacent to an activating group) is 1. The quantitative estimate of drug-likeness (QED) is 0.800. The van der Waals surface area contributed by atoms with Gasteiger partial charge in [-0.25, -0.2) is 4.98 Å². The summed E-state index contributed by atoms with van der Waals surface area (Å²) >= 11 is 1.67. The van der Waals surface area contributed by atoms with Gasteiger partial charge in [0.1, 0.15) is 5.01 Å². The lowest BCUT2D eigenvalue weighted by molar-refractivity contribution is 0.123. The second kappa shape index (κ2) is 4.17. The van der Waals surface area contributed by atoms with Crippen molar-refractivity contribution in [1.29, 1.82) is 0 Å². The van der Waals surface area contributed by atoms with Crippen LogP contribution < -0.4 is 5.32 Å². The van der Waals surface area contributed by atoms with E-state index in [-0.39, 0.29) is 5.54 Å². The smallest absolute Gasteiger partial charge is 0.115 e. The number of hydrogen-bond acceptors (Lipinski definition) is 4. The van der Waals surface area contributed by atoms with Gasteiger partial charge in [0.15, 0.2) is 0 Å². The van der Waals surface area contributed by atoms with Crippen LogP contribution in [0.2, 0.25) is 0 Å². The molecule has 1 N–H and O–H groups in total. The summed E-state index contributed by atoms with van der Waals surface area (Å²) in [6.07, 6.45) is 0. The monoisotopic (exact) mass is 200 g/mol. The van der Waals surface area contributed by atoms with Crippen molar-refractivity contribution < 1.29 is 4.74 Å². The van der Waals surface area contributed by atoms with Crippen molar-refractivity contribution in [2.45, 2.75) is 19.4 Å². The van der Waals surface area contributed by atoms with E-state index in [4.69, 9.17) is 4.74 Å². The third-order valence-electron chi connectivity index (χ3n) is 2.08. The average Bonchev–Trinajstić information content (AvgIpc) is 2.52. The fraction of sp³-hybridized carbons (Fsp3) is 0.667. The Balaban J connectivity index is 2.88. The summed E-state index contributed by atoms with van der Waals surface area (Å²) in [6.45, 7) is 4.73. The summed E-state index contributed by atoms with van der Waals surface area (Å²) < 4.78 is 5.17. The lowest BCUT2D eigenvalue weighted by Gasteiger charge is -2.25. The van der Waals surface area contributed by atoms with E-state index in [0.29, 0.717) is 6.61 Å². The molecule has 1 unspecified atom stereocenters. The Labute approximate surface area is 83.1 Å². The van der Waals surface area contributed by atoms with Crippen molar-refractivity contribution >= 4 is 11.3 Å². The number of hydrogen-bond donors (Lipinski definition) is 1. The first kappa shape index (κ1) is 10.6. The van der Waals surface area contributed by atoms with E-state index in [1.165, 1.54) is 0 Å². The maximum absolute atomic E-state index is 5.17. The molecule has 0 radical (unpaired) electrons. The molecular weight excluding hydrogens is 184 g/mol. The molecule has 4 heteroatoms. The first-order valence-electron chi connectivity index (χ1n) is 4.23. The van der Waals surface area contributed by atoms with E-state index in [1.807, 2.05) is 14.0 Å². The number of rotatable bonds is 4. The van der Waals surface area contributed by atoms with Crippen LogP contribution in [0.4, 0.5) is 0 Å². The highest BCUT2D eigenvalue weighted by Gasteiger charge is 2.27. The van der Waals surface area contributed by atoms with Crippen LogP contribution in [0.25, 0.3) is 0 Å². The van der Waals surface area contributed by atoms with Crippen molar-refractivity contribution in [3.63, 3.8) is 0 Å². The fourth-order valence-corrected chi connectivity index (χ4v) is 2.09. The van der Waals surface area contributed by atoms with Crippen molar-refractivity contribution in [1.82, 2.24) is 10.3 Å². The van der Waals surface area contributed by atoms with Crippen LogP contribution in [0.5, 0.6) is 0 Å². The Morgan fingerprint density at radius 3 is 2.77 bits per heavy atom. The molecular formula is C9H16N2OS. The first-order valence-corrected chi connectivity index (χ1v) is 5.11. The van der Waals surface area contributed by atoms with Crippen LogP contribution in [-0.2, 0) is 10.3 Å². The fourth-order valence-electron chi connectivity index (χ4n) is 1.14. The summed E-state index contributed by atoms with van der Waals surface area (Å²) in [4.78, 5) is 4.45. The topological polar surface area (TPSA) is 34.1 Å². The summed E-state index contributed by atoms with van der Waals surface area (Å²) in [7, 11) is 3.63. The number of ether oxygens (including phenoxy) is 1. The number of aryl methyl sites for hydroxylation is 1. The minimum absolute atomic E-state index is 0.159. The molecule has 13 heavy (non-hydrogen) atoms. The Morgan fingerprint density at radius 1 is 1.69 bits per heavy atom. The van der Waals surface area contributed by atoms with Gasteiger partial charge in [-0.15, -0.1) is 11.3 Å². The van der Waals surface area contributed by atoms with E-state index < -0.39 is 0 Å². The Morgan fingerprint density at radius 2 is 2.38 bits per heavy atom. The minimum Gasteiger partial charge on any atom is -0.382 e. The zero-order valence-corrected chi connectivity index (χ0v) is 9.36. The zero-order chi connectivity index (χ0) is 9.90. The molecule has 0 amide bonds. The summed E-state index contributed by atoms with van der Waals surface area (Å²) in [6, 6.07) is 0. The molecule has 1 aromatic rings. The lowest BCUT2D eigenvalue weighted by atomic mass is 10.1. The predicted molar refractivity (Wildman–Crippen MR) is 55.1 cm³/mol. The van der Waals surface area contributed by atoms with Gasteiger partial charge in [0.05, 0.1) is 12.1 Å². The Hall–Kier alpha value is -0.450. The first-order chi connectivity index (χ1) is 6.12.